The van der Waals surface area contributed by atoms with Crippen molar-refractivity contribution in [3.8, 4) is 0 Å². The fourth-order valence-corrected chi connectivity index (χ4v) is 2.99. The molecule has 0 fully saturated rings. The summed E-state index contributed by atoms with van der Waals surface area (Å²) in [4.78, 5) is 16.4. The molecule has 6 nitrogen and oxygen atoms in total. The van der Waals surface area contributed by atoms with Crippen LogP contribution in [0.25, 0.3) is 0 Å². The first-order valence-corrected chi connectivity index (χ1v) is 7.63. The summed E-state index contributed by atoms with van der Waals surface area (Å²) in [5.41, 5.74) is 2.91. The average Bonchev–Trinajstić information content (AvgIpc) is 2.96. The van der Waals surface area contributed by atoms with Gasteiger partial charge in [-0.3, -0.25) is 4.68 Å². The highest BCUT2D eigenvalue weighted by atomic mass is 32.1. The van der Waals surface area contributed by atoms with Gasteiger partial charge in [0, 0.05) is 18.8 Å². The fraction of sp³-hybridized carbons (Fsp3) is 0.500. The van der Waals surface area contributed by atoms with E-state index in [1.54, 1.807) is 0 Å². The Hall–Kier alpha value is -1.89. The van der Waals surface area contributed by atoms with Crippen LogP contribution in [0.1, 0.15) is 33.2 Å². The maximum absolute atomic E-state index is 11.5. The quantitative estimate of drug-likeness (QED) is 0.656. The number of nitrogens with zero attached hydrogens (tertiary/aromatic N) is 3. The van der Waals surface area contributed by atoms with Crippen LogP contribution in [0.5, 0.6) is 0 Å². The summed E-state index contributed by atoms with van der Waals surface area (Å²) in [6.07, 6.45) is 0.939. The highest BCUT2D eigenvalue weighted by molar-refractivity contribution is 7.17. The fourth-order valence-electron chi connectivity index (χ4n) is 2.08. The average molecular weight is 308 g/mol. The molecule has 0 atom stereocenters. The molecule has 0 bridgehead atoms. The molecule has 2 rings (SSSR count). The number of methoxy groups -OCH3 is 1. The van der Waals surface area contributed by atoms with Crippen LogP contribution in [0.15, 0.2) is 6.07 Å². The van der Waals surface area contributed by atoms with E-state index in [0.29, 0.717) is 10.6 Å². The van der Waals surface area contributed by atoms with Crippen molar-refractivity contribution in [2.24, 2.45) is 0 Å². The van der Waals surface area contributed by atoms with Gasteiger partial charge in [-0.1, -0.05) is 11.3 Å². The zero-order chi connectivity index (χ0) is 15.4. The molecule has 2 aromatic heterocycles. The maximum Gasteiger partial charge on any atom is 0.350 e. The first-order chi connectivity index (χ1) is 10.0. The molecule has 7 heteroatoms. The Morgan fingerprint density at radius 3 is 2.81 bits per heavy atom. The zero-order valence-electron chi connectivity index (χ0n) is 12.8. The number of hydrogen-bond donors (Lipinski definition) is 1. The monoisotopic (exact) mass is 308 g/mol. The van der Waals surface area contributed by atoms with E-state index in [2.05, 4.69) is 28.4 Å². The number of carbonyl (C=O) groups excluding carboxylic acids is 1. The summed E-state index contributed by atoms with van der Waals surface area (Å²) in [5, 5.41) is 8.41. The van der Waals surface area contributed by atoms with Crippen molar-refractivity contribution < 1.29 is 9.53 Å². The molecule has 0 spiro atoms. The molecule has 114 valence electrons. The Bertz CT molecular complexity index is 633. The Morgan fingerprint density at radius 1 is 1.43 bits per heavy atom. The number of rotatable bonds is 6. The van der Waals surface area contributed by atoms with E-state index in [9.17, 15) is 4.79 Å². The Balaban J connectivity index is 1.84. The van der Waals surface area contributed by atoms with E-state index in [1.807, 2.05) is 18.5 Å². The van der Waals surface area contributed by atoms with Gasteiger partial charge in [0.2, 0.25) is 0 Å². The van der Waals surface area contributed by atoms with E-state index in [-0.39, 0.29) is 5.97 Å². The minimum absolute atomic E-state index is 0.333. The number of nitrogens with one attached hydrogen (secondary N) is 1. The van der Waals surface area contributed by atoms with Gasteiger partial charge in [0.15, 0.2) is 5.13 Å². The van der Waals surface area contributed by atoms with Crippen LogP contribution in [0.3, 0.4) is 0 Å². The molecule has 0 aromatic carbocycles. The van der Waals surface area contributed by atoms with Crippen molar-refractivity contribution >= 4 is 22.4 Å². The van der Waals surface area contributed by atoms with E-state index < -0.39 is 0 Å². The molecular weight excluding hydrogens is 288 g/mol. The van der Waals surface area contributed by atoms with Gasteiger partial charge < -0.3 is 10.1 Å². The number of esters is 1. The van der Waals surface area contributed by atoms with Crippen LogP contribution >= 0.6 is 11.3 Å². The molecule has 0 radical (unpaired) electrons. The molecule has 0 saturated heterocycles. The molecule has 0 aliphatic carbocycles. The summed E-state index contributed by atoms with van der Waals surface area (Å²) in [6, 6.07) is 2.07. The largest absolute Gasteiger partial charge is 0.465 e. The van der Waals surface area contributed by atoms with Gasteiger partial charge in [-0.15, -0.1) is 0 Å². The molecule has 0 amide bonds. The van der Waals surface area contributed by atoms with Crippen LogP contribution in [0, 0.1) is 20.8 Å². The standard InChI is InChI=1S/C14H20N4O2S/c1-9-8-10(2)18(17-9)7-5-6-15-14-16-11(3)12(21-14)13(19)20-4/h8H,5-7H2,1-4H3,(H,15,16). The number of anilines is 1. The topological polar surface area (TPSA) is 69.0 Å². The second-order valence-electron chi connectivity index (χ2n) is 4.86. The van der Waals surface area contributed by atoms with Gasteiger partial charge in [0.05, 0.1) is 18.5 Å². The van der Waals surface area contributed by atoms with Crippen LogP contribution in [0.2, 0.25) is 0 Å². The highest BCUT2D eigenvalue weighted by Gasteiger charge is 2.15. The second-order valence-corrected chi connectivity index (χ2v) is 5.85. The van der Waals surface area contributed by atoms with Gasteiger partial charge in [0.1, 0.15) is 4.88 Å². The summed E-state index contributed by atoms with van der Waals surface area (Å²) >= 11 is 1.33. The number of thiazole rings is 1. The predicted molar refractivity (Wildman–Crippen MR) is 83.0 cm³/mol. The lowest BCUT2D eigenvalue weighted by Gasteiger charge is -2.05. The van der Waals surface area contributed by atoms with Crippen LogP contribution in [-0.2, 0) is 11.3 Å². The lowest BCUT2D eigenvalue weighted by atomic mass is 10.4. The highest BCUT2D eigenvalue weighted by Crippen LogP contribution is 2.23. The molecule has 2 heterocycles. The third kappa shape index (κ3) is 3.81. The maximum atomic E-state index is 11.5. The number of carbonyl (C=O) groups is 1. The van der Waals surface area contributed by atoms with Gasteiger partial charge in [-0.25, -0.2) is 9.78 Å². The van der Waals surface area contributed by atoms with Crippen molar-refractivity contribution in [1.29, 1.82) is 0 Å². The molecule has 0 saturated carbocycles. The number of aromatic nitrogens is 3. The summed E-state index contributed by atoms with van der Waals surface area (Å²) in [6.45, 7) is 7.51. The Morgan fingerprint density at radius 2 is 2.19 bits per heavy atom. The van der Waals surface area contributed by atoms with Crippen molar-refractivity contribution in [1.82, 2.24) is 14.8 Å². The molecular formula is C14H20N4O2S. The predicted octanol–water partition coefficient (Wildman–Crippen LogP) is 2.55. The smallest absolute Gasteiger partial charge is 0.350 e. The third-order valence-corrected chi connectivity index (χ3v) is 4.19. The van der Waals surface area contributed by atoms with Crippen molar-refractivity contribution in [2.45, 2.75) is 33.7 Å². The van der Waals surface area contributed by atoms with Gasteiger partial charge in [-0.05, 0) is 33.3 Å². The second kappa shape index (κ2) is 6.71. The lowest BCUT2D eigenvalue weighted by Crippen LogP contribution is -2.08. The van der Waals surface area contributed by atoms with Crippen LogP contribution in [-0.4, -0.2) is 34.4 Å². The number of hydrogen-bond acceptors (Lipinski definition) is 6. The normalized spacial score (nSPS) is 10.7. The number of aryl methyl sites for hydroxylation is 4. The summed E-state index contributed by atoms with van der Waals surface area (Å²) in [7, 11) is 1.38. The molecule has 1 N–H and O–H groups in total. The van der Waals surface area contributed by atoms with Gasteiger partial charge in [0.25, 0.3) is 0 Å². The SMILES string of the molecule is COC(=O)c1sc(NCCCn2nc(C)cc2C)nc1C. The van der Waals surface area contributed by atoms with Gasteiger partial charge in [-0.2, -0.15) is 5.10 Å². The van der Waals surface area contributed by atoms with E-state index in [4.69, 9.17) is 4.74 Å². The first-order valence-electron chi connectivity index (χ1n) is 6.82. The minimum atomic E-state index is -0.333. The molecule has 0 aliphatic rings. The van der Waals surface area contributed by atoms with Gasteiger partial charge >= 0.3 is 5.97 Å². The molecule has 0 unspecified atom stereocenters. The van der Waals surface area contributed by atoms with Crippen molar-refractivity contribution in [3.63, 3.8) is 0 Å². The molecule has 2 aromatic rings. The third-order valence-electron chi connectivity index (χ3n) is 3.09. The summed E-state index contributed by atoms with van der Waals surface area (Å²) in [5.74, 6) is -0.333. The van der Waals surface area contributed by atoms with E-state index in [1.165, 1.54) is 24.1 Å². The first kappa shape index (κ1) is 15.5. The Kier molecular flexibility index (Phi) is 4.95. The van der Waals surface area contributed by atoms with Crippen molar-refractivity contribution in [2.75, 3.05) is 19.0 Å². The zero-order valence-corrected chi connectivity index (χ0v) is 13.6. The van der Waals surface area contributed by atoms with E-state index >= 15 is 0 Å². The van der Waals surface area contributed by atoms with Crippen LogP contribution < -0.4 is 5.32 Å². The number of ether oxygens (including phenoxy) is 1. The van der Waals surface area contributed by atoms with Crippen molar-refractivity contribution in [3.05, 3.63) is 28.0 Å². The minimum Gasteiger partial charge on any atom is -0.465 e. The Labute approximate surface area is 128 Å². The molecule has 21 heavy (non-hydrogen) atoms. The summed E-state index contributed by atoms with van der Waals surface area (Å²) < 4.78 is 6.73. The molecule has 0 aliphatic heterocycles. The lowest BCUT2D eigenvalue weighted by molar-refractivity contribution is 0.0605. The van der Waals surface area contributed by atoms with Crippen LogP contribution in [0.4, 0.5) is 5.13 Å². The van der Waals surface area contributed by atoms with E-state index in [0.717, 1.165) is 30.3 Å².